The number of para-hydroxylation sites is 2. The van der Waals surface area contributed by atoms with Gasteiger partial charge in [-0.25, -0.2) is 8.51 Å². The smallest absolute Gasteiger partial charge is 0.240 e. The predicted octanol–water partition coefficient (Wildman–Crippen LogP) is 7.34. The molecule has 39 heavy (non-hydrogen) atoms. The predicted molar refractivity (Wildman–Crippen MR) is 161 cm³/mol. The summed E-state index contributed by atoms with van der Waals surface area (Å²) in [5.74, 6) is -0.675. The first-order chi connectivity index (χ1) is 18.9. The van der Waals surface area contributed by atoms with E-state index in [9.17, 15) is 9.00 Å². The summed E-state index contributed by atoms with van der Waals surface area (Å²) in [6.45, 7) is 8.75. The number of rotatable bonds is 7. The zero-order chi connectivity index (χ0) is 27.4. The van der Waals surface area contributed by atoms with E-state index in [0.717, 1.165) is 33.6 Å². The monoisotopic (exact) mass is 532 g/mol. The number of amides is 1. The Morgan fingerprint density at radius 2 is 1.36 bits per heavy atom. The van der Waals surface area contributed by atoms with Gasteiger partial charge in [0, 0.05) is 17.9 Å². The lowest BCUT2D eigenvalue weighted by molar-refractivity contribution is -0.120. The Kier molecular flexibility index (Phi) is 8.01. The standard InChI is InChI=1S/C34H32N2O2S/c1-25-19-21-31(22-20-25)39(38)35-24-27(3)32(33(35)26(2)23-28-13-7-4-8-14-28)34(37)36(29-15-9-5-10-16-29)30-17-11-6-12-18-30/h4-23,32-33H,3,24H2,1-2H3/b26-23+/t32-,33+,39+/m1/s1. The van der Waals surface area contributed by atoms with E-state index in [2.05, 4.69) is 12.7 Å². The summed E-state index contributed by atoms with van der Waals surface area (Å²) >= 11 is 0. The molecule has 1 amide bonds. The minimum absolute atomic E-state index is 0.0911. The minimum Gasteiger partial charge on any atom is -0.280 e. The highest BCUT2D eigenvalue weighted by Crippen LogP contribution is 2.40. The molecule has 1 fully saturated rings. The van der Waals surface area contributed by atoms with Crippen LogP contribution in [0.15, 0.2) is 138 Å². The van der Waals surface area contributed by atoms with Gasteiger partial charge < -0.3 is 0 Å². The van der Waals surface area contributed by atoms with Crippen LogP contribution >= 0.6 is 0 Å². The van der Waals surface area contributed by atoms with E-state index in [4.69, 9.17) is 0 Å². The molecule has 4 aromatic rings. The summed E-state index contributed by atoms with van der Waals surface area (Å²) in [5.41, 5.74) is 5.41. The number of carbonyl (C=O) groups excluding carboxylic acids is 1. The molecule has 1 aliphatic heterocycles. The van der Waals surface area contributed by atoms with Crippen LogP contribution in [-0.4, -0.2) is 27.0 Å². The van der Waals surface area contributed by atoms with Gasteiger partial charge in [0.2, 0.25) is 5.91 Å². The molecule has 5 heteroatoms. The van der Waals surface area contributed by atoms with Gasteiger partial charge in [-0.2, -0.15) is 0 Å². The van der Waals surface area contributed by atoms with E-state index in [1.807, 2.05) is 133 Å². The van der Waals surface area contributed by atoms with E-state index in [1.54, 1.807) is 4.90 Å². The van der Waals surface area contributed by atoms with E-state index < -0.39 is 22.9 Å². The molecule has 0 N–H and O–H groups in total. The molecule has 1 aliphatic rings. The maximum absolute atomic E-state index is 14.6. The minimum atomic E-state index is -1.47. The molecule has 196 valence electrons. The van der Waals surface area contributed by atoms with Crippen molar-refractivity contribution >= 4 is 34.3 Å². The molecule has 0 aliphatic carbocycles. The SMILES string of the molecule is C=C1CN([S@@](=O)c2ccc(C)cc2)[C@@H](/C(C)=C/c2ccccc2)[C@@H]1C(=O)N(c1ccccc1)c1ccccc1. The topological polar surface area (TPSA) is 40.6 Å². The van der Waals surface area contributed by atoms with Gasteiger partial charge in [0.05, 0.1) is 16.9 Å². The number of carbonyl (C=O) groups is 1. The van der Waals surface area contributed by atoms with Crippen LogP contribution < -0.4 is 4.90 Å². The van der Waals surface area contributed by atoms with Crippen LogP contribution in [0.5, 0.6) is 0 Å². The highest BCUT2D eigenvalue weighted by Gasteiger charge is 2.46. The molecule has 0 aromatic heterocycles. The van der Waals surface area contributed by atoms with Crippen molar-refractivity contribution < 1.29 is 9.00 Å². The van der Waals surface area contributed by atoms with Crippen molar-refractivity contribution in [3.05, 3.63) is 144 Å². The van der Waals surface area contributed by atoms with Gasteiger partial charge in [-0.1, -0.05) is 103 Å². The number of benzene rings is 4. The number of anilines is 2. The quantitative estimate of drug-likeness (QED) is 0.234. The maximum Gasteiger partial charge on any atom is 0.240 e. The first-order valence-electron chi connectivity index (χ1n) is 13.0. The molecular weight excluding hydrogens is 500 g/mol. The fraction of sp³-hybridized carbons (Fsp3) is 0.147. The van der Waals surface area contributed by atoms with Crippen LogP contribution in [-0.2, 0) is 15.8 Å². The van der Waals surface area contributed by atoms with Crippen LogP contribution in [0, 0.1) is 12.8 Å². The van der Waals surface area contributed by atoms with Crippen LogP contribution in [0.25, 0.3) is 6.08 Å². The number of nitrogens with zero attached hydrogens (tertiary/aromatic N) is 2. The highest BCUT2D eigenvalue weighted by molar-refractivity contribution is 7.82. The number of aryl methyl sites for hydroxylation is 1. The van der Waals surface area contributed by atoms with E-state index in [0.29, 0.717) is 11.4 Å². The lowest BCUT2D eigenvalue weighted by Gasteiger charge is -2.31. The van der Waals surface area contributed by atoms with Gasteiger partial charge in [0.1, 0.15) is 11.0 Å². The van der Waals surface area contributed by atoms with Crippen LogP contribution in [0.1, 0.15) is 18.1 Å². The Balaban J connectivity index is 1.60. The van der Waals surface area contributed by atoms with Crippen molar-refractivity contribution in [1.29, 1.82) is 0 Å². The molecule has 0 bridgehead atoms. The Bertz CT molecular complexity index is 1460. The summed E-state index contributed by atoms with van der Waals surface area (Å²) in [6.07, 6.45) is 2.08. The first-order valence-corrected chi connectivity index (χ1v) is 14.1. The summed E-state index contributed by atoms with van der Waals surface area (Å²) in [6, 6.07) is 36.7. The van der Waals surface area contributed by atoms with Gasteiger partial charge in [-0.05, 0) is 61.4 Å². The van der Waals surface area contributed by atoms with Gasteiger partial charge in [0.25, 0.3) is 0 Å². The van der Waals surface area contributed by atoms with Gasteiger partial charge in [-0.15, -0.1) is 0 Å². The fourth-order valence-corrected chi connectivity index (χ4v) is 6.55. The average Bonchev–Trinajstić information content (AvgIpc) is 3.32. The van der Waals surface area contributed by atoms with E-state index >= 15 is 0 Å². The average molecular weight is 533 g/mol. The summed E-state index contributed by atoms with van der Waals surface area (Å²) in [7, 11) is -1.47. The Labute approximate surface area is 233 Å². The van der Waals surface area contributed by atoms with E-state index in [-0.39, 0.29) is 5.91 Å². The zero-order valence-corrected chi connectivity index (χ0v) is 23.1. The Morgan fingerprint density at radius 1 is 0.846 bits per heavy atom. The van der Waals surface area contributed by atoms with Gasteiger partial charge in [0.15, 0.2) is 0 Å². The van der Waals surface area contributed by atoms with Crippen LogP contribution in [0.2, 0.25) is 0 Å². The van der Waals surface area contributed by atoms with Gasteiger partial charge >= 0.3 is 0 Å². The molecule has 5 rings (SSSR count). The Hall–Kier alpha value is -4.06. The second-order valence-corrected chi connectivity index (χ2v) is 11.3. The lowest BCUT2D eigenvalue weighted by atomic mass is 9.89. The van der Waals surface area contributed by atoms with Crippen LogP contribution in [0.4, 0.5) is 11.4 Å². The second-order valence-electron chi connectivity index (χ2n) is 9.86. The summed E-state index contributed by atoms with van der Waals surface area (Å²) in [4.78, 5) is 17.1. The van der Waals surface area contributed by atoms with Crippen LogP contribution in [0.3, 0.4) is 0 Å². The molecule has 4 aromatic carbocycles. The number of hydrogen-bond donors (Lipinski definition) is 0. The highest BCUT2D eigenvalue weighted by atomic mass is 32.2. The largest absolute Gasteiger partial charge is 0.280 e. The maximum atomic E-state index is 14.6. The number of hydrogen-bond acceptors (Lipinski definition) is 2. The van der Waals surface area contributed by atoms with Crippen molar-refractivity contribution in [1.82, 2.24) is 4.31 Å². The van der Waals surface area contributed by atoms with Crippen molar-refractivity contribution in [2.24, 2.45) is 5.92 Å². The molecule has 1 heterocycles. The molecule has 0 spiro atoms. The van der Waals surface area contributed by atoms with E-state index in [1.165, 1.54) is 0 Å². The first kappa shape index (κ1) is 26.5. The van der Waals surface area contributed by atoms with Crippen molar-refractivity contribution in [3.8, 4) is 0 Å². The third-order valence-corrected chi connectivity index (χ3v) is 8.49. The Morgan fingerprint density at radius 3 is 1.90 bits per heavy atom. The molecule has 0 unspecified atom stereocenters. The van der Waals surface area contributed by atoms with Crippen molar-refractivity contribution in [2.75, 3.05) is 11.4 Å². The molecule has 1 saturated heterocycles. The third kappa shape index (κ3) is 5.70. The molecule has 3 atom stereocenters. The van der Waals surface area contributed by atoms with Crippen molar-refractivity contribution in [2.45, 2.75) is 24.8 Å². The molecule has 4 nitrogen and oxygen atoms in total. The van der Waals surface area contributed by atoms with Crippen molar-refractivity contribution in [3.63, 3.8) is 0 Å². The second kappa shape index (κ2) is 11.8. The molecule has 0 radical (unpaired) electrons. The molecular formula is C34H32N2O2S. The van der Waals surface area contributed by atoms with Gasteiger partial charge in [-0.3, -0.25) is 9.69 Å². The zero-order valence-electron chi connectivity index (χ0n) is 22.2. The lowest BCUT2D eigenvalue weighted by Crippen LogP contribution is -2.42. The fourth-order valence-electron chi connectivity index (χ4n) is 5.13. The third-order valence-electron chi connectivity index (χ3n) is 7.04. The summed E-state index contributed by atoms with van der Waals surface area (Å²) in [5, 5.41) is 0. The normalized spacial score (nSPS) is 18.6. The summed E-state index contributed by atoms with van der Waals surface area (Å²) < 4.78 is 15.9. The molecule has 0 saturated carbocycles.